The quantitative estimate of drug-likeness (QED) is 0.251. The Morgan fingerprint density at radius 1 is 0.870 bits per heavy atom. The molecule has 0 heterocycles. The second-order valence-electron chi connectivity index (χ2n) is 4.61. The fourth-order valence-electron chi connectivity index (χ4n) is 1.33. The highest BCUT2D eigenvalue weighted by molar-refractivity contribution is 5.93. The molecule has 0 fully saturated rings. The van der Waals surface area contributed by atoms with Gasteiger partial charge in [-0.1, -0.05) is 0 Å². The van der Waals surface area contributed by atoms with Crippen LogP contribution in [-0.2, 0) is 24.0 Å². The van der Waals surface area contributed by atoms with Crippen LogP contribution in [0, 0.1) is 0 Å². The molecule has 0 aromatic carbocycles. The number of amides is 4. The molecule has 0 rings (SSSR count). The average molecular weight is 331 g/mol. The Morgan fingerprint density at radius 2 is 1.43 bits per heavy atom. The lowest BCUT2D eigenvalue weighted by Gasteiger charge is -2.18. The van der Waals surface area contributed by atoms with Crippen LogP contribution >= 0.6 is 0 Å². The van der Waals surface area contributed by atoms with Gasteiger partial charge in [0.05, 0.1) is 13.1 Å². The molecular formula is C12H21N5O6. The Morgan fingerprint density at radius 3 is 1.96 bits per heavy atom. The van der Waals surface area contributed by atoms with Gasteiger partial charge in [-0.05, 0) is 13.8 Å². The Labute approximate surface area is 132 Å². The molecule has 0 aromatic rings. The van der Waals surface area contributed by atoms with E-state index in [1.54, 1.807) is 0 Å². The Balaban J connectivity index is 4.19. The molecule has 0 aliphatic heterocycles. The molecule has 0 aliphatic carbocycles. The molecule has 0 spiro atoms. The smallest absolute Gasteiger partial charge is 0.322 e. The Kier molecular flexibility index (Phi) is 8.92. The number of hydrogen-bond donors (Lipinski definition) is 6. The maximum atomic E-state index is 11.7. The van der Waals surface area contributed by atoms with Crippen molar-refractivity contribution in [2.75, 3.05) is 19.6 Å². The van der Waals surface area contributed by atoms with E-state index in [2.05, 4.69) is 21.3 Å². The molecule has 0 saturated heterocycles. The molecule has 0 aliphatic rings. The zero-order chi connectivity index (χ0) is 18.0. The SMILES string of the molecule is C[C@H](NC(=O)CN)C(=O)N[C@H](C)C(=O)NCC(=O)NCC(=O)O. The lowest BCUT2D eigenvalue weighted by Crippen LogP contribution is -2.53. The molecule has 0 unspecified atom stereocenters. The maximum Gasteiger partial charge on any atom is 0.322 e. The Bertz CT molecular complexity index is 481. The molecule has 0 bridgehead atoms. The van der Waals surface area contributed by atoms with Crippen molar-refractivity contribution >= 4 is 29.6 Å². The summed E-state index contributed by atoms with van der Waals surface area (Å²) in [7, 11) is 0. The first-order valence-electron chi connectivity index (χ1n) is 6.73. The minimum Gasteiger partial charge on any atom is -0.480 e. The maximum absolute atomic E-state index is 11.7. The molecule has 4 amide bonds. The second kappa shape index (κ2) is 10.1. The number of nitrogens with two attached hydrogens (primary N) is 1. The first-order chi connectivity index (χ1) is 10.7. The zero-order valence-electron chi connectivity index (χ0n) is 12.8. The third-order valence-corrected chi connectivity index (χ3v) is 2.57. The summed E-state index contributed by atoms with van der Waals surface area (Å²) in [6.07, 6.45) is 0. The second-order valence-corrected chi connectivity index (χ2v) is 4.61. The van der Waals surface area contributed by atoms with E-state index in [1.807, 2.05) is 0 Å². The van der Waals surface area contributed by atoms with Gasteiger partial charge in [0.15, 0.2) is 0 Å². The number of rotatable bonds is 9. The van der Waals surface area contributed by atoms with Crippen LogP contribution < -0.4 is 27.0 Å². The predicted molar refractivity (Wildman–Crippen MR) is 77.9 cm³/mol. The summed E-state index contributed by atoms with van der Waals surface area (Å²) >= 11 is 0. The van der Waals surface area contributed by atoms with Gasteiger partial charge < -0.3 is 32.1 Å². The van der Waals surface area contributed by atoms with Crippen LogP contribution in [0.2, 0.25) is 0 Å². The topological polar surface area (TPSA) is 180 Å². The van der Waals surface area contributed by atoms with E-state index in [0.717, 1.165) is 0 Å². The monoisotopic (exact) mass is 331 g/mol. The van der Waals surface area contributed by atoms with Gasteiger partial charge in [0.2, 0.25) is 23.6 Å². The van der Waals surface area contributed by atoms with E-state index in [0.29, 0.717) is 0 Å². The number of aliphatic carboxylic acids is 1. The van der Waals surface area contributed by atoms with Crippen LogP contribution in [0.15, 0.2) is 0 Å². The van der Waals surface area contributed by atoms with Crippen LogP contribution in [0.1, 0.15) is 13.8 Å². The Hall–Kier alpha value is -2.69. The largest absolute Gasteiger partial charge is 0.480 e. The van der Waals surface area contributed by atoms with E-state index in [1.165, 1.54) is 13.8 Å². The lowest BCUT2D eigenvalue weighted by molar-refractivity contribution is -0.138. The van der Waals surface area contributed by atoms with Crippen molar-refractivity contribution in [3.8, 4) is 0 Å². The molecule has 130 valence electrons. The summed E-state index contributed by atoms with van der Waals surface area (Å²) < 4.78 is 0. The molecule has 11 nitrogen and oxygen atoms in total. The van der Waals surface area contributed by atoms with Crippen molar-refractivity contribution in [1.82, 2.24) is 21.3 Å². The number of carbonyl (C=O) groups excluding carboxylic acids is 4. The van der Waals surface area contributed by atoms with E-state index < -0.39 is 54.8 Å². The summed E-state index contributed by atoms with van der Waals surface area (Å²) in [5.74, 6) is -3.63. The fraction of sp³-hybridized carbons (Fsp3) is 0.583. The van der Waals surface area contributed by atoms with E-state index in [-0.39, 0.29) is 6.54 Å². The first kappa shape index (κ1) is 20.3. The van der Waals surface area contributed by atoms with E-state index in [4.69, 9.17) is 10.8 Å². The molecule has 23 heavy (non-hydrogen) atoms. The zero-order valence-corrected chi connectivity index (χ0v) is 12.8. The highest BCUT2D eigenvalue weighted by atomic mass is 16.4. The van der Waals surface area contributed by atoms with Crippen LogP contribution in [0.5, 0.6) is 0 Å². The fourth-order valence-corrected chi connectivity index (χ4v) is 1.33. The van der Waals surface area contributed by atoms with Gasteiger partial charge in [0, 0.05) is 0 Å². The number of hydrogen-bond acceptors (Lipinski definition) is 6. The molecule has 0 radical (unpaired) electrons. The van der Waals surface area contributed by atoms with Crippen LogP contribution in [-0.4, -0.2) is 66.4 Å². The number of carboxylic acids is 1. The molecule has 7 N–H and O–H groups in total. The summed E-state index contributed by atoms with van der Waals surface area (Å²) in [6.45, 7) is 1.57. The molecule has 0 aromatic heterocycles. The minimum absolute atomic E-state index is 0.265. The van der Waals surface area contributed by atoms with E-state index >= 15 is 0 Å². The summed E-state index contributed by atoms with van der Waals surface area (Å²) in [5, 5.41) is 17.3. The molecule has 0 saturated carbocycles. The number of carbonyl (C=O) groups is 5. The van der Waals surface area contributed by atoms with Gasteiger partial charge >= 0.3 is 5.97 Å². The summed E-state index contributed by atoms with van der Waals surface area (Å²) in [4.78, 5) is 55.9. The lowest BCUT2D eigenvalue weighted by atomic mass is 10.2. The molecular weight excluding hydrogens is 310 g/mol. The van der Waals surface area contributed by atoms with Gasteiger partial charge in [0.1, 0.15) is 18.6 Å². The van der Waals surface area contributed by atoms with Gasteiger partial charge in [-0.15, -0.1) is 0 Å². The summed E-state index contributed by atoms with van der Waals surface area (Å²) in [5.41, 5.74) is 5.10. The van der Waals surface area contributed by atoms with Gasteiger partial charge in [0.25, 0.3) is 0 Å². The van der Waals surface area contributed by atoms with Crippen molar-refractivity contribution in [3.63, 3.8) is 0 Å². The normalized spacial score (nSPS) is 12.5. The van der Waals surface area contributed by atoms with Gasteiger partial charge in [-0.2, -0.15) is 0 Å². The first-order valence-corrected chi connectivity index (χ1v) is 6.73. The van der Waals surface area contributed by atoms with Crippen LogP contribution in [0.25, 0.3) is 0 Å². The highest BCUT2D eigenvalue weighted by Gasteiger charge is 2.20. The predicted octanol–water partition coefficient (Wildman–Crippen LogP) is -3.73. The number of carboxylic acid groups (broad SMARTS) is 1. The van der Waals surface area contributed by atoms with E-state index in [9.17, 15) is 24.0 Å². The summed E-state index contributed by atoms with van der Waals surface area (Å²) in [6, 6.07) is -1.83. The third kappa shape index (κ3) is 9.03. The van der Waals surface area contributed by atoms with Crippen molar-refractivity contribution < 1.29 is 29.1 Å². The van der Waals surface area contributed by atoms with Gasteiger partial charge in [-0.3, -0.25) is 24.0 Å². The molecule has 2 atom stereocenters. The minimum atomic E-state index is -1.21. The molecule has 11 heteroatoms. The van der Waals surface area contributed by atoms with Crippen molar-refractivity contribution in [2.45, 2.75) is 25.9 Å². The van der Waals surface area contributed by atoms with Crippen molar-refractivity contribution in [2.24, 2.45) is 5.73 Å². The highest BCUT2D eigenvalue weighted by Crippen LogP contribution is 1.87. The van der Waals surface area contributed by atoms with Crippen LogP contribution in [0.3, 0.4) is 0 Å². The van der Waals surface area contributed by atoms with Crippen molar-refractivity contribution in [3.05, 3.63) is 0 Å². The average Bonchev–Trinajstić information content (AvgIpc) is 2.49. The van der Waals surface area contributed by atoms with Crippen LogP contribution in [0.4, 0.5) is 0 Å². The van der Waals surface area contributed by atoms with Crippen molar-refractivity contribution in [1.29, 1.82) is 0 Å². The third-order valence-electron chi connectivity index (χ3n) is 2.57. The van der Waals surface area contributed by atoms with Gasteiger partial charge in [-0.25, -0.2) is 0 Å². The number of nitrogens with one attached hydrogen (secondary N) is 4. The standard InChI is InChI=1S/C12H21N5O6/c1-6(17-12(23)7(2)16-8(18)3-13)11(22)15-4-9(19)14-5-10(20)21/h6-7H,3-5,13H2,1-2H3,(H,14,19)(H,15,22)(H,16,18)(H,17,23)(H,20,21)/t6-,7+/m1/s1.